The van der Waals surface area contributed by atoms with E-state index < -0.39 is 0 Å². The molecule has 1 N–H and O–H groups in total. The molecule has 1 aromatic rings. The van der Waals surface area contributed by atoms with Crippen molar-refractivity contribution in [2.45, 2.75) is 13.3 Å². The number of rotatable bonds is 5. The lowest BCUT2D eigenvalue weighted by molar-refractivity contribution is 0.171. The number of fused-ring (bicyclic) bond motifs is 1. The second-order valence-corrected chi connectivity index (χ2v) is 4.01. The standard InChI is InChI=1S/C14H19NO2/c1-2-7-15-8-3-4-12-5-6-13-14(11-12)17-10-9-16-13/h3-6,11,15H,2,7-10H2,1H3. The normalized spacial score (nSPS) is 14.2. The van der Waals surface area contributed by atoms with Crippen LogP contribution in [0, 0.1) is 0 Å². The fourth-order valence-electron chi connectivity index (χ4n) is 1.72. The van der Waals surface area contributed by atoms with Gasteiger partial charge in [0.25, 0.3) is 0 Å². The van der Waals surface area contributed by atoms with E-state index in [1.807, 2.05) is 18.2 Å². The minimum Gasteiger partial charge on any atom is -0.486 e. The Morgan fingerprint density at radius 3 is 2.88 bits per heavy atom. The van der Waals surface area contributed by atoms with Crippen molar-refractivity contribution >= 4 is 6.08 Å². The zero-order chi connectivity index (χ0) is 11.9. The maximum Gasteiger partial charge on any atom is 0.161 e. The predicted molar refractivity (Wildman–Crippen MR) is 69.6 cm³/mol. The second kappa shape index (κ2) is 6.30. The van der Waals surface area contributed by atoms with Crippen LogP contribution in [0.15, 0.2) is 24.3 Å². The Kier molecular flexibility index (Phi) is 4.45. The first-order chi connectivity index (χ1) is 8.40. The highest BCUT2D eigenvalue weighted by Gasteiger charge is 2.10. The van der Waals surface area contributed by atoms with Gasteiger partial charge in [-0.05, 0) is 30.7 Å². The molecule has 0 aromatic heterocycles. The van der Waals surface area contributed by atoms with Crippen LogP contribution in [0.25, 0.3) is 6.08 Å². The Bertz CT molecular complexity index is 388. The van der Waals surface area contributed by atoms with Gasteiger partial charge in [-0.15, -0.1) is 0 Å². The lowest BCUT2D eigenvalue weighted by atomic mass is 10.2. The monoisotopic (exact) mass is 233 g/mol. The van der Waals surface area contributed by atoms with Crippen molar-refractivity contribution in [2.75, 3.05) is 26.3 Å². The third-order valence-corrected chi connectivity index (χ3v) is 2.57. The topological polar surface area (TPSA) is 30.5 Å². The zero-order valence-corrected chi connectivity index (χ0v) is 10.2. The van der Waals surface area contributed by atoms with Gasteiger partial charge < -0.3 is 14.8 Å². The van der Waals surface area contributed by atoms with Gasteiger partial charge >= 0.3 is 0 Å². The van der Waals surface area contributed by atoms with E-state index in [9.17, 15) is 0 Å². The molecule has 0 bridgehead atoms. The molecule has 1 aliphatic rings. The molecule has 1 heterocycles. The predicted octanol–water partition coefficient (Wildman–Crippen LogP) is 2.47. The minimum absolute atomic E-state index is 0.637. The fourth-order valence-corrected chi connectivity index (χ4v) is 1.72. The summed E-state index contributed by atoms with van der Waals surface area (Å²) in [5.74, 6) is 1.69. The van der Waals surface area contributed by atoms with Crippen LogP contribution in [-0.4, -0.2) is 26.3 Å². The van der Waals surface area contributed by atoms with Crippen LogP contribution in [0.1, 0.15) is 18.9 Å². The molecule has 17 heavy (non-hydrogen) atoms. The van der Waals surface area contributed by atoms with Crippen LogP contribution in [-0.2, 0) is 0 Å². The van der Waals surface area contributed by atoms with Crippen LogP contribution in [0.4, 0.5) is 0 Å². The van der Waals surface area contributed by atoms with Crippen LogP contribution < -0.4 is 14.8 Å². The molecule has 3 nitrogen and oxygen atoms in total. The van der Waals surface area contributed by atoms with Crippen LogP contribution in [0.5, 0.6) is 11.5 Å². The van der Waals surface area contributed by atoms with E-state index in [1.165, 1.54) is 0 Å². The van der Waals surface area contributed by atoms with Crippen LogP contribution in [0.2, 0.25) is 0 Å². The minimum atomic E-state index is 0.637. The molecule has 0 saturated heterocycles. The van der Waals surface area contributed by atoms with E-state index in [-0.39, 0.29) is 0 Å². The van der Waals surface area contributed by atoms with Gasteiger partial charge in [0.2, 0.25) is 0 Å². The molecule has 0 spiro atoms. The first-order valence-electron chi connectivity index (χ1n) is 6.17. The third kappa shape index (κ3) is 3.49. The van der Waals surface area contributed by atoms with E-state index in [4.69, 9.17) is 9.47 Å². The Morgan fingerprint density at radius 1 is 1.24 bits per heavy atom. The van der Waals surface area contributed by atoms with Gasteiger partial charge in [0, 0.05) is 6.54 Å². The van der Waals surface area contributed by atoms with Crippen molar-refractivity contribution in [1.82, 2.24) is 5.32 Å². The van der Waals surface area contributed by atoms with E-state index in [0.717, 1.165) is 36.6 Å². The molecule has 0 amide bonds. The quantitative estimate of drug-likeness (QED) is 0.792. The van der Waals surface area contributed by atoms with Crippen LogP contribution in [0.3, 0.4) is 0 Å². The summed E-state index contributed by atoms with van der Waals surface area (Å²) >= 11 is 0. The molecule has 0 aliphatic carbocycles. The Morgan fingerprint density at radius 2 is 2.06 bits per heavy atom. The summed E-state index contributed by atoms with van der Waals surface area (Å²) in [5.41, 5.74) is 1.15. The Hall–Kier alpha value is -1.48. The number of hydrogen-bond acceptors (Lipinski definition) is 3. The van der Waals surface area contributed by atoms with Crippen LogP contribution >= 0.6 is 0 Å². The number of benzene rings is 1. The summed E-state index contributed by atoms with van der Waals surface area (Å²) in [7, 11) is 0. The Balaban J connectivity index is 1.92. The molecule has 0 atom stereocenters. The smallest absolute Gasteiger partial charge is 0.161 e. The second-order valence-electron chi connectivity index (χ2n) is 4.01. The van der Waals surface area contributed by atoms with Crippen molar-refractivity contribution < 1.29 is 9.47 Å². The largest absolute Gasteiger partial charge is 0.486 e. The molecule has 1 aromatic carbocycles. The van der Waals surface area contributed by atoms with Gasteiger partial charge in [-0.2, -0.15) is 0 Å². The van der Waals surface area contributed by atoms with E-state index in [2.05, 4.69) is 24.4 Å². The van der Waals surface area contributed by atoms with Gasteiger partial charge in [0.05, 0.1) is 0 Å². The molecule has 92 valence electrons. The van der Waals surface area contributed by atoms with Crippen molar-refractivity contribution in [3.05, 3.63) is 29.8 Å². The summed E-state index contributed by atoms with van der Waals surface area (Å²) < 4.78 is 11.0. The van der Waals surface area contributed by atoms with Crippen molar-refractivity contribution in [1.29, 1.82) is 0 Å². The molecule has 1 aliphatic heterocycles. The maximum absolute atomic E-state index is 5.53. The van der Waals surface area contributed by atoms with E-state index in [0.29, 0.717) is 13.2 Å². The highest BCUT2D eigenvalue weighted by molar-refractivity contribution is 5.56. The maximum atomic E-state index is 5.53. The molecule has 2 rings (SSSR count). The van der Waals surface area contributed by atoms with Gasteiger partial charge in [0.15, 0.2) is 11.5 Å². The fraction of sp³-hybridized carbons (Fsp3) is 0.429. The number of ether oxygens (including phenoxy) is 2. The molecule has 3 heteroatoms. The van der Waals surface area contributed by atoms with Gasteiger partial charge in [-0.1, -0.05) is 25.1 Å². The van der Waals surface area contributed by atoms with Crippen molar-refractivity contribution in [2.24, 2.45) is 0 Å². The first-order valence-corrected chi connectivity index (χ1v) is 6.17. The molecule has 0 saturated carbocycles. The number of hydrogen-bond donors (Lipinski definition) is 1. The highest BCUT2D eigenvalue weighted by atomic mass is 16.6. The average Bonchev–Trinajstić information content (AvgIpc) is 2.38. The number of nitrogens with one attached hydrogen (secondary N) is 1. The van der Waals surface area contributed by atoms with Gasteiger partial charge in [0.1, 0.15) is 13.2 Å². The van der Waals surface area contributed by atoms with Crippen molar-refractivity contribution in [3.63, 3.8) is 0 Å². The lowest BCUT2D eigenvalue weighted by Gasteiger charge is -2.18. The zero-order valence-electron chi connectivity index (χ0n) is 10.2. The SMILES string of the molecule is CCCNCC=Cc1ccc2c(c1)OCCO2. The summed E-state index contributed by atoms with van der Waals surface area (Å²) in [5, 5.41) is 3.32. The van der Waals surface area contributed by atoms with E-state index in [1.54, 1.807) is 0 Å². The lowest BCUT2D eigenvalue weighted by Crippen LogP contribution is -2.15. The van der Waals surface area contributed by atoms with E-state index >= 15 is 0 Å². The molecule has 0 unspecified atom stereocenters. The molecule has 0 fully saturated rings. The molecular formula is C14H19NO2. The summed E-state index contributed by atoms with van der Waals surface area (Å²) in [6.07, 6.45) is 5.39. The summed E-state index contributed by atoms with van der Waals surface area (Å²) in [6.45, 7) is 5.41. The molecular weight excluding hydrogens is 214 g/mol. The Labute approximate surface area is 102 Å². The molecule has 0 radical (unpaired) electrons. The van der Waals surface area contributed by atoms with Crippen molar-refractivity contribution in [3.8, 4) is 11.5 Å². The summed E-state index contributed by atoms with van der Waals surface area (Å²) in [4.78, 5) is 0. The highest BCUT2D eigenvalue weighted by Crippen LogP contribution is 2.30. The average molecular weight is 233 g/mol. The summed E-state index contributed by atoms with van der Waals surface area (Å²) in [6, 6.07) is 6.03. The third-order valence-electron chi connectivity index (χ3n) is 2.57. The van der Waals surface area contributed by atoms with Gasteiger partial charge in [-0.25, -0.2) is 0 Å². The first kappa shape index (κ1) is 12.0. The van der Waals surface area contributed by atoms with Gasteiger partial charge in [-0.3, -0.25) is 0 Å².